The maximum absolute atomic E-state index is 9.47. The maximum atomic E-state index is 9.47. The first-order valence-electron chi connectivity index (χ1n) is 5.03. The summed E-state index contributed by atoms with van der Waals surface area (Å²) in [6.45, 7) is 0.145. The first kappa shape index (κ1) is 14.9. The molecule has 0 spiro atoms. The molecule has 0 aromatic heterocycles. The van der Waals surface area contributed by atoms with Crippen LogP contribution in [-0.4, -0.2) is 41.4 Å². The van der Waals surface area contributed by atoms with Gasteiger partial charge in [0, 0.05) is 11.1 Å². The van der Waals surface area contributed by atoms with Gasteiger partial charge in [-0.3, -0.25) is 4.79 Å². The fourth-order valence-corrected chi connectivity index (χ4v) is 1.68. The van der Waals surface area contributed by atoms with Crippen LogP contribution in [0.2, 0.25) is 5.02 Å². The lowest BCUT2D eigenvalue weighted by molar-refractivity contribution is -0.122. The van der Waals surface area contributed by atoms with Gasteiger partial charge in [0.15, 0.2) is 11.5 Å². The molecular weight excluding hydrogens is 283 g/mol. The van der Waals surface area contributed by atoms with Gasteiger partial charge in [-0.15, -0.1) is 11.6 Å². The minimum atomic E-state index is -0.250. The molecule has 1 fully saturated rings. The zero-order chi connectivity index (χ0) is 13.5. The number of phenolic OH excluding ortho intramolecular Hbond substituents is 1. The van der Waals surface area contributed by atoms with E-state index in [1.807, 2.05) is 0 Å². The SMILES string of the molecule is O=CO.Oc1cc(Cl)ccc1OCC1OC1CCl. The van der Waals surface area contributed by atoms with Crippen molar-refractivity contribution in [2.75, 3.05) is 12.5 Å². The van der Waals surface area contributed by atoms with Gasteiger partial charge in [0.1, 0.15) is 18.8 Å². The summed E-state index contributed by atoms with van der Waals surface area (Å²) in [6.07, 6.45) is 0.124. The quantitative estimate of drug-likeness (QED) is 0.505. The number of alkyl halides is 1. The van der Waals surface area contributed by atoms with E-state index in [1.165, 1.54) is 6.07 Å². The summed E-state index contributed by atoms with van der Waals surface area (Å²) in [4.78, 5) is 8.36. The van der Waals surface area contributed by atoms with E-state index >= 15 is 0 Å². The number of epoxide rings is 1. The number of ether oxygens (including phenoxy) is 2. The summed E-state index contributed by atoms with van der Waals surface area (Å²) in [5.74, 6) is 0.912. The van der Waals surface area contributed by atoms with Gasteiger partial charge >= 0.3 is 0 Å². The molecule has 7 heteroatoms. The topological polar surface area (TPSA) is 79.3 Å². The number of carbonyl (C=O) groups is 1. The smallest absolute Gasteiger partial charge is 0.290 e. The third-order valence-corrected chi connectivity index (χ3v) is 2.70. The standard InChI is InChI=1S/C10H10Cl2O3.CH2O2/c11-4-9-10(15-9)5-14-8-2-1-6(12)3-7(8)13;2-1-3/h1-3,9-10,13H,4-5H2;1H,(H,2,3). The van der Waals surface area contributed by atoms with E-state index in [2.05, 4.69) is 0 Å². The molecule has 0 aliphatic carbocycles. The molecule has 0 saturated carbocycles. The number of hydrogen-bond acceptors (Lipinski definition) is 4. The second kappa shape index (κ2) is 7.31. The van der Waals surface area contributed by atoms with Gasteiger partial charge in [0.25, 0.3) is 6.47 Å². The lowest BCUT2D eigenvalue weighted by Gasteiger charge is -2.06. The Morgan fingerprint density at radius 3 is 2.61 bits per heavy atom. The Morgan fingerprint density at radius 1 is 1.44 bits per heavy atom. The molecule has 1 aromatic carbocycles. The van der Waals surface area contributed by atoms with Crippen LogP contribution >= 0.6 is 23.2 Å². The Morgan fingerprint density at radius 2 is 2.11 bits per heavy atom. The monoisotopic (exact) mass is 294 g/mol. The summed E-state index contributed by atoms with van der Waals surface area (Å²) in [7, 11) is 0. The van der Waals surface area contributed by atoms with E-state index < -0.39 is 0 Å². The highest BCUT2D eigenvalue weighted by atomic mass is 35.5. The van der Waals surface area contributed by atoms with Crippen molar-refractivity contribution in [2.24, 2.45) is 0 Å². The van der Waals surface area contributed by atoms with Gasteiger partial charge in [-0.1, -0.05) is 11.6 Å². The van der Waals surface area contributed by atoms with Crippen LogP contribution in [0, 0.1) is 0 Å². The molecule has 1 aliphatic heterocycles. The van der Waals surface area contributed by atoms with Crippen molar-refractivity contribution >= 4 is 29.7 Å². The van der Waals surface area contributed by atoms with Gasteiger partial charge in [0.2, 0.25) is 0 Å². The van der Waals surface area contributed by atoms with Crippen LogP contribution in [0.4, 0.5) is 0 Å². The molecule has 2 rings (SSSR count). The van der Waals surface area contributed by atoms with Crippen LogP contribution in [0.25, 0.3) is 0 Å². The molecule has 0 radical (unpaired) electrons. The average Bonchev–Trinajstić information content (AvgIpc) is 3.08. The zero-order valence-corrected chi connectivity index (χ0v) is 10.8. The third-order valence-electron chi connectivity index (χ3n) is 2.16. The van der Waals surface area contributed by atoms with Crippen LogP contribution in [0.1, 0.15) is 0 Å². The van der Waals surface area contributed by atoms with Crippen LogP contribution in [0.3, 0.4) is 0 Å². The van der Waals surface area contributed by atoms with E-state index in [0.717, 1.165) is 0 Å². The van der Waals surface area contributed by atoms with E-state index in [1.54, 1.807) is 12.1 Å². The second-order valence-corrected chi connectivity index (χ2v) is 4.14. The summed E-state index contributed by atoms with van der Waals surface area (Å²) < 4.78 is 10.5. The Hall–Kier alpha value is -1.17. The molecule has 0 amide bonds. The number of halogens is 2. The molecule has 5 nitrogen and oxygen atoms in total. The minimum Gasteiger partial charge on any atom is -0.504 e. The van der Waals surface area contributed by atoms with E-state index in [0.29, 0.717) is 23.3 Å². The predicted molar refractivity (Wildman–Crippen MR) is 66.7 cm³/mol. The fraction of sp³-hybridized carbons (Fsp3) is 0.364. The fourth-order valence-electron chi connectivity index (χ4n) is 1.25. The van der Waals surface area contributed by atoms with Gasteiger partial charge < -0.3 is 19.7 Å². The van der Waals surface area contributed by atoms with Crippen LogP contribution in [-0.2, 0) is 9.53 Å². The van der Waals surface area contributed by atoms with Crippen molar-refractivity contribution in [3.8, 4) is 11.5 Å². The summed E-state index contributed by atoms with van der Waals surface area (Å²) in [5, 5.41) is 16.8. The Kier molecular flexibility index (Phi) is 6.04. The lowest BCUT2D eigenvalue weighted by atomic mass is 10.3. The third kappa shape index (κ3) is 4.60. The Bertz CT molecular complexity index is 399. The number of rotatable bonds is 4. The molecule has 1 aliphatic rings. The van der Waals surface area contributed by atoms with Gasteiger partial charge in [0.05, 0.1) is 5.88 Å². The van der Waals surface area contributed by atoms with E-state index in [-0.39, 0.29) is 24.4 Å². The number of aromatic hydroxyl groups is 1. The normalized spacial score (nSPS) is 20.6. The van der Waals surface area contributed by atoms with Crippen molar-refractivity contribution in [1.82, 2.24) is 0 Å². The van der Waals surface area contributed by atoms with Crippen molar-refractivity contribution < 1.29 is 24.5 Å². The van der Waals surface area contributed by atoms with Crippen molar-refractivity contribution in [3.05, 3.63) is 23.2 Å². The van der Waals surface area contributed by atoms with Crippen LogP contribution in [0.15, 0.2) is 18.2 Å². The summed E-state index contributed by atoms with van der Waals surface area (Å²) >= 11 is 11.3. The first-order chi connectivity index (χ1) is 8.62. The van der Waals surface area contributed by atoms with Gasteiger partial charge in [-0.05, 0) is 12.1 Å². The molecule has 1 aromatic rings. The molecule has 2 atom stereocenters. The average molecular weight is 295 g/mol. The Labute approximate surface area is 114 Å². The highest BCUT2D eigenvalue weighted by Gasteiger charge is 2.38. The van der Waals surface area contributed by atoms with Gasteiger partial charge in [-0.25, -0.2) is 0 Å². The number of phenols is 1. The first-order valence-corrected chi connectivity index (χ1v) is 5.94. The lowest BCUT2D eigenvalue weighted by Crippen LogP contribution is -2.08. The molecule has 0 bridgehead atoms. The molecule has 1 saturated heterocycles. The second-order valence-electron chi connectivity index (χ2n) is 3.40. The van der Waals surface area contributed by atoms with Crippen molar-refractivity contribution in [3.63, 3.8) is 0 Å². The summed E-state index contributed by atoms with van der Waals surface area (Å²) in [6, 6.07) is 4.71. The summed E-state index contributed by atoms with van der Waals surface area (Å²) in [5.41, 5.74) is 0. The number of hydrogen-bond donors (Lipinski definition) is 2. The van der Waals surface area contributed by atoms with Crippen LogP contribution < -0.4 is 4.74 Å². The highest BCUT2D eigenvalue weighted by Crippen LogP contribution is 2.31. The van der Waals surface area contributed by atoms with Gasteiger partial charge in [-0.2, -0.15) is 0 Å². The largest absolute Gasteiger partial charge is 0.504 e. The molecular formula is C11H12Cl2O5. The maximum Gasteiger partial charge on any atom is 0.290 e. The zero-order valence-electron chi connectivity index (χ0n) is 9.25. The molecule has 1 heterocycles. The predicted octanol–water partition coefficient (Wildman–Crippen LogP) is 2.13. The molecule has 18 heavy (non-hydrogen) atoms. The van der Waals surface area contributed by atoms with Crippen molar-refractivity contribution in [2.45, 2.75) is 12.2 Å². The minimum absolute atomic E-state index is 0.0329. The van der Waals surface area contributed by atoms with Crippen molar-refractivity contribution in [1.29, 1.82) is 0 Å². The number of carboxylic acid groups (broad SMARTS) is 1. The molecule has 2 unspecified atom stereocenters. The number of benzene rings is 1. The van der Waals surface area contributed by atoms with Crippen LogP contribution in [0.5, 0.6) is 11.5 Å². The molecule has 100 valence electrons. The molecule has 2 N–H and O–H groups in total. The highest BCUT2D eigenvalue weighted by molar-refractivity contribution is 6.30. The van der Waals surface area contributed by atoms with E-state index in [4.69, 9.17) is 42.6 Å². The van der Waals surface area contributed by atoms with E-state index in [9.17, 15) is 5.11 Å². The Balaban J connectivity index is 0.000000492.